The van der Waals surface area contributed by atoms with Crippen LogP contribution in [0.25, 0.3) is 22.4 Å². The summed E-state index contributed by atoms with van der Waals surface area (Å²) < 4.78 is 126. The second-order valence-corrected chi connectivity index (χ2v) is 8.53. The molecular formula is C25H18F9N3O2. The van der Waals surface area contributed by atoms with Crippen molar-refractivity contribution in [1.82, 2.24) is 15.1 Å². The van der Waals surface area contributed by atoms with E-state index in [1.807, 2.05) is 4.90 Å². The van der Waals surface area contributed by atoms with Crippen LogP contribution in [0.4, 0.5) is 39.5 Å². The average molecular weight is 563 g/mol. The Bertz CT molecular complexity index is 1380. The summed E-state index contributed by atoms with van der Waals surface area (Å²) in [5, 5.41) is 16.2. The first-order valence-electron chi connectivity index (χ1n) is 11.2. The topological polar surface area (TPSA) is 61.4 Å². The maximum atomic E-state index is 13.5. The first kappa shape index (κ1) is 28.3. The number of halogens is 9. The summed E-state index contributed by atoms with van der Waals surface area (Å²) >= 11 is 0. The number of nitrogens with one attached hydrogen (secondary N) is 1. The van der Waals surface area contributed by atoms with Crippen LogP contribution in [-0.4, -0.2) is 53.1 Å². The maximum Gasteiger partial charge on any atom is 0.435 e. The van der Waals surface area contributed by atoms with Gasteiger partial charge in [0.25, 0.3) is 0 Å². The fraction of sp³-hybridized carbons (Fsp3) is 0.320. The summed E-state index contributed by atoms with van der Waals surface area (Å²) in [5.74, 6) is 4.56. The van der Waals surface area contributed by atoms with Crippen LogP contribution >= 0.6 is 0 Å². The predicted molar refractivity (Wildman–Crippen MR) is 120 cm³/mol. The van der Waals surface area contributed by atoms with Crippen molar-refractivity contribution in [2.45, 2.75) is 18.5 Å². The van der Waals surface area contributed by atoms with Gasteiger partial charge in [-0.2, -0.15) is 44.6 Å². The Labute approximate surface area is 215 Å². The molecule has 2 heterocycles. The van der Waals surface area contributed by atoms with E-state index in [0.717, 1.165) is 6.07 Å². The monoisotopic (exact) mass is 563 g/mol. The quantitative estimate of drug-likeness (QED) is 0.295. The third-order valence-corrected chi connectivity index (χ3v) is 5.84. The number of benzene rings is 2. The minimum atomic E-state index is -5.17. The van der Waals surface area contributed by atoms with Gasteiger partial charge in [0.1, 0.15) is 5.75 Å². The number of ether oxygens (including phenoxy) is 1. The van der Waals surface area contributed by atoms with E-state index in [4.69, 9.17) is 4.74 Å². The van der Waals surface area contributed by atoms with Crippen molar-refractivity contribution >= 4 is 0 Å². The molecule has 4 rings (SSSR count). The molecule has 39 heavy (non-hydrogen) atoms. The molecule has 3 aromatic rings. The van der Waals surface area contributed by atoms with Crippen LogP contribution in [0.15, 0.2) is 36.4 Å². The Kier molecular flexibility index (Phi) is 7.59. The number of phenolic OH excluding ortho intramolecular Hbond substituents is 1. The fourth-order valence-electron chi connectivity index (χ4n) is 3.91. The van der Waals surface area contributed by atoms with Crippen LogP contribution < -0.4 is 0 Å². The number of nitrogens with zero attached hydrogens (tertiary/aromatic N) is 2. The molecule has 1 fully saturated rings. The van der Waals surface area contributed by atoms with Crippen molar-refractivity contribution in [2.75, 3.05) is 32.8 Å². The maximum absolute atomic E-state index is 13.5. The number of aromatic amines is 1. The predicted octanol–water partition coefficient (Wildman–Crippen LogP) is 6.19. The van der Waals surface area contributed by atoms with E-state index in [9.17, 15) is 44.6 Å². The molecule has 0 spiro atoms. The van der Waals surface area contributed by atoms with Crippen LogP contribution in [0.2, 0.25) is 0 Å². The molecule has 1 aromatic heterocycles. The van der Waals surface area contributed by atoms with Crippen LogP contribution in [0.3, 0.4) is 0 Å². The molecule has 0 unspecified atom stereocenters. The number of phenols is 1. The second kappa shape index (κ2) is 10.5. The fourth-order valence-corrected chi connectivity index (χ4v) is 3.91. The molecule has 0 saturated carbocycles. The number of hydrogen-bond acceptors (Lipinski definition) is 4. The number of aromatic hydroxyl groups is 1. The van der Waals surface area contributed by atoms with Gasteiger partial charge in [-0.05, 0) is 42.0 Å². The smallest absolute Gasteiger partial charge is 0.435 e. The van der Waals surface area contributed by atoms with Gasteiger partial charge in [0.05, 0.1) is 36.6 Å². The third kappa shape index (κ3) is 6.48. The molecule has 0 aliphatic carbocycles. The number of morpholine rings is 1. The standard InChI is InChI=1S/C25H18F9N3O2/c26-23(27,28)16-10-15(11-17(12-16)24(29,30)31)21-14(2-1-5-37-6-8-39-9-7-37)3-4-18(22(21)38)19-13-20(36-35-19)25(32,33)34/h3-4,10-13,38H,5-9H2,(H,35,36). The summed E-state index contributed by atoms with van der Waals surface area (Å²) in [7, 11) is 0. The van der Waals surface area contributed by atoms with Crippen molar-refractivity contribution in [3.63, 3.8) is 0 Å². The van der Waals surface area contributed by atoms with E-state index in [0.29, 0.717) is 44.5 Å². The van der Waals surface area contributed by atoms with Crippen molar-refractivity contribution in [2.24, 2.45) is 0 Å². The van der Waals surface area contributed by atoms with E-state index in [2.05, 4.69) is 22.0 Å². The van der Waals surface area contributed by atoms with E-state index in [1.54, 1.807) is 0 Å². The van der Waals surface area contributed by atoms with Gasteiger partial charge in [0.2, 0.25) is 0 Å². The Morgan fingerprint density at radius 3 is 2.03 bits per heavy atom. The molecule has 208 valence electrons. The molecule has 1 aliphatic rings. The minimum absolute atomic E-state index is 0.0708. The van der Waals surface area contributed by atoms with Gasteiger partial charge in [-0.25, -0.2) is 0 Å². The highest BCUT2D eigenvalue weighted by molar-refractivity contribution is 5.85. The minimum Gasteiger partial charge on any atom is -0.507 e. The first-order chi connectivity index (χ1) is 18.1. The lowest BCUT2D eigenvalue weighted by Crippen LogP contribution is -2.36. The summed E-state index contributed by atoms with van der Waals surface area (Å²) in [6.07, 6.45) is -15.2. The van der Waals surface area contributed by atoms with Gasteiger partial charge in [-0.15, -0.1) is 0 Å². The molecule has 5 nitrogen and oxygen atoms in total. The lowest BCUT2D eigenvalue weighted by atomic mass is 9.92. The molecule has 2 aromatic carbocycles. The van der Waals surface area contributed by atoms with Crippen molar-refractivity contribution in [1.29, 1.82) is 0 Å². The van der Waals surface area contributed by atoms with Crippen molar-refractivity contribution in [3.05, 3.63) is 58.8 Å². The molecule has 2 N–H and O–H groups in total. The molecule has 14 heteroatoms. The Morgan fingerprint density at radius 2 is 1.49 bits per heavy atom. The molecular weight excluding hydrogens is 545 g/mol. The van der Waals surface area contributed by atoms with Gasteiger partial charge >= 0.3 is 18.5 Å². The van der Waals surface area contributed by atoms with Crippen molar-refractivity contribution < 1.29 is 49.4 Å². The lowest BCUT2D eigenvalue weighted by Gasteiger charge is -2.24. The zero-order valence-corrected chi connectivity index (χ0v) is 19.7. The zero-order chi connectivity index (χ0) is 28.6. The first-order valence-corrected chi connectivity index (χ1v) is 11.2. The van der Waals surface area contributed by atoms with Gasteiger partial charge in [-0.1, -0.05) is 11.8 Å². The zero-order valence-electron chi connectivity index (χ0n) is 19.7. The molecule has 1 aliphatic heterocycles. The van der Waals surface area contributed by atoms with Gasteiger partial charge in [0, 0.05) is 29.8 Å². The summed E-state index contributed by atoms with van der Waals surface area (Å²) in [6, 6.07) is 3.64. The molecule has 0 bridgehead atoms. The van der Waals surface area contributed by atoms with Crippen LogP contribution in [-0.2, 0) is 23.3 Å². The van der Waals surface area contributed by atoms with Gasteiger partial charge < -0.3 is 9.84 Å². The molecule has 0 radical (unpaired) electrons. The normalized spacial score (nSPS) is 15.2. The molecule has 0 amide bonds. The molecule has 0 atom stereocenters. The van der Waals surface area contributed by atoms with Crippen molar-refractivity contribution in [3.8, 4) is 40.0 Å². The SMILES string of the molecule is Oc1c(-c2cc(C(F)(F)F)n[nH]2)ccc(C#CCN2CCOCC2)c1-c1cc(C(F)(F)F)cc(C(F)(F)F)c1. The average Bonchev–Trinajstić information content (AvgIpc) is 3.34. The lowest BCUT2D eigenvalue weighted by molar-refractivity contribution is -0.143. The van der Waals surface area contributed by atoms with Crippen LogP contribution in [0.5, 0.6) is 5.75 Å². The summed E-state index contributed by atoms with van der Waals surface area (Å²) in [5.41, 5.74) is -6.63. The van der Waals surface area contributed by atoms with E-state index in [-0.39, 0.29) is 29.4 Å². The Balaban J connectivity index is 1.90. The Morgan fingerprint density at radius 1 is 0.872 bits per heavy atom. The summed E-state index contributed by atoms with van der Waals surface area (Å²) in [4.78, 5) is 1.90. The van der Waals surface area contributed by atoms with E-state index in [1.165, 1.54) is 6.07 Å². The van der Waals surface area contributed by atoms with Gasteiger partial charge in [0.15, 0.2) is 5.69 Å². The largest absolute Gasteiger partial charge is 0.507 e. The highest BCUT2D eigenvalue weighted by Gasteiger charge is 2.38. The van der Waals surface area contributed by atoms with Crippen LogP contribution in [0, 0.1) is 11.8 Å². The summed E-state index contributed by atoms with van der Waals surface area (Å²) in [6.45, 7) is 2.20. The van der Waals surface area contributed by atoms with Crippen LogP contribution in [0.1, 0.15) is 22.4 Å². The highest BCUT2D eigenvalue weighted by atomic mass is 19.4. The molecule has 1 saturated heterocycles. The number of rotatable bonds is 3. The number of aromatic nitrogens is 2. The Hall–Kier alpha value is -3.70. The number of alkyl halides is 9. The van der Waals surface area contributed by atoms with E-state index < -0.39 is 52.2 Å². The van der Waals surface area contributed by atoms with Gasteiger partial charge in [-0.3, -0.25) is 10.00 Å². The second-order valence-electron chi connectivity index (χ2n) is 8.53. The third-order valence-electron chi connectivity index (χ3n) is 5.84. The number of hydrogen-bond donors (Lipinski definition) is 2. The highest BCUT2D eigenvalue weighted by Crippen LogP contribution is 2.44. The number of H-pyrrole nitrogens is 1. The van der Waals surface area contributed by atoms with E-state index >= 15 is 0 Å².